The van der Waals surface area contributed by atoms with Crippen molar-refractivity contribution in [1.82, 2.24) is 5.32 Å². The summed E-state index contributed by atoms with van der Waals surface area (Å²) in [5.74, 6) is 0.340. The number of ether oxygens (including phenoxy) is 1. The minimum absolute atomic E-state index is 0.234. The first-order valence-corrected chi connectivity index (χ1v) is 7.43. The highest BCUT2D eigenvalue weighted by molar-refractivity contribution is 5.13. The number of hydrogen-bond donors (Lipinski definition) is 3. The predicted molar refractivity (Wildman–Crippen MR) is 78.3 cm³/mol. The quantitative estimate of drug-likeness (QED) is 0.671. The second-order valence-electron chi connectivity index (χ2n) is 5.54. The van der Waals surface area contributed by atoms with Gasteiger partial charge in [0, 0.05) is 19.2 Å². The lowest BCUT2D eigenvalue weighted by molar-refractivity contribution is 0.0265. The third kappa shape index (κ3) is 4.87. The molecule has 0 aliphatic heterocycles. The van der Waals surface area contributed by atoms with Gasteiger partial charge in [0.2, 0.25) is 0 Å². The summed E-state index contributed by atoms with van der Waals surface area (Å²) in [6.45, 7) is 1.62. The third-order valence-electron chi connectivity index (χ3n) is 3.93. The minimum atomic E-state index is -0.501. The molecule has 0 radical (unpaired) electrons. The van der Waals surface area contributed by atoms with Crippen LogP contribution in [0.4, 0.5) is 0 Å². The summed E-state index contributed by atoms with van der Waals surface area (Å²) in [6, 6.07) is 10.3. The summed E-state index contributed by atoms with van der Waals surface area (Å²) in [7, 11) is 0. The van der Waals surface area contributed by atoms with Crippen LogP contribution in [0.2, 0.25) is 0 Å². The van der Waals surface area contributed by atoms with E-state index in [2.05, 4.69) is 5.32 Å². The molecule has 1 aromatic carbocycles. The van der Waals surface area contributed by atoms with Crippen molar-refractivity contribution in [2.24, 2.45) is 5.92 Å². The van der Waals surface area contributed by atoms with E-state index in [1.54, 1.807) is 0 Å². The van der Waals surface area contributed by atoms with Crippen LogP contribution in [0.5, 0.6) is 0 Å². The van der Waals surface area contributed by atoms with Gasteiger partial charge in [-0.3, -0.25) is 0 Å². The lowest BCUT2D eigenvalue weighted by atomic mass is 10.1. The largest absolute Gasteiger partial charge is 0.396 e. The molecule has 4 heteroatoms. The van der Waals surface area contributed by atoms with Crippen LogP contribution in [0.25, 0.3) is 0 Å². The van der Waals surface area contributed by atoms with Crippen LogP contribution in [0, 0.1) is 5.92 Å². The van der Waals surface area contributed by atoms with Crippen molar-refractivity contribution in [2.75, 3.05) is 19.8 Å². The Morgan fingerprint density at radius 2 is 2.05 bits per heavy atom. The standard InChI is InChI=1S/C16H25NO3/c18-10-14-7-4-8-16(14)17-9-15(19)12-20-11-13-5-2-1-3-6-13/h1-3,5-6,14-19H,4,7-12H2. The highest BCUT2D eigenvalue weighted by Gasteiger charge is 2.26. The molecule has 0 spiro atoms. The average molecular weight is 279 g/mol. The molecule has 20 heavy (non-hydrogen) atoms. The highest BCUT2D eigenvalue weighted by atomic mass is 16.5. The fraction of sp³-hybridized carbons (Fsp3) is 0.625. The van der Waals surface area contributed by atoms with Gasteiger partial charge in [0.15, 0.2) is 0 Å². The second-order valence-corrected chi connectivity index (χ2v) is 5.54. The second kappa shape index (κ2) is 8.37. The average Bonchev–Trinajstić information content (AvgIpc) is 2.94. The summed E-state index contributed by atoms with van der Waals surface area (Å²) in [4.78, 5) is 0. The number of rotatable bonds is 8. The molecule has 0 saturated heterocycles. The number of benzene rings is 1. The maximum atomic E-state index is 9.90. The van der Waals surface area contributed by atoms with Crippen LogP contribution >= 0.6 is 0 Å². The molecule has 1 fully saturated rings. The molecule has 1 aliphatic rings. The first-order valence-electron chi connectivity index (χ1n) is 7.43. The molecule has 0 heterocycles. The van der Waals surface area contributed by atoms with Gasteiger partial charge in [0.1, 0.15) is 0 Å². The molecule has 2 rings (SSSR count). The molecule has 112 valence electrons. The summed E-state index contributed by atoms with van der Waals surface area (Å²) in [6.07, 6.45) is 2.82. The van der Waals surface area contributed by atoms with Crippen molar-refractivity contribution in [3.63, 3.8) is 0 Å². The number of hydrogen-bond acceptors (Lipinski definition) is 4. The molecule has 1 aromatic rings. The van der Waals surface area contributed by atoms with E-state index in [4.69, 9.17) is 4.74 Å². The van der Waals surface area contributed by atoms with Crippen LogP contribution in [0.3, 0.4) is 0 Å². The summed E-state index contributed by atoms with van der Waals surface area (Å²) >= 11 is 0. The molecule has 3 unspecified atom stereocenters. The molecule has 4 nitrogen and oxygen atoms in total. The molecule has 3 atom stereocenters. The van der Waals surface area contributed by atoms with E-state index in [9.17, 15) is 10.2 Å². The lowest BCUT2D eigenvalue weighted by Gasteiger charge is -2.21. The minimum Gasteiger partial charge on any atom is -0.396 e. The van der Waals surface area contributed by atoms with E-state index in [0.29, 0.717) is 31.7 Å². The Labute approximate surface area is 120 Å². The number of nitrogens with one attached hydrogen (secondary N) is 1. The van der Waals surface area contributed by atoms with Gasteiger partial charge in [-0.25, -0.2) is 0 Å². The lowest BCUT2D eigenvalue weighted by Crippen LogP contribution is -2.40. The molecule has 1 saturated carbocycles. The number of aliphatic hydroxyl groups excluding tert-OH is 2. The van der Waals surface area contributed by atoms with Gasteiger partial charge in [0.05, 0.1) is 19.3 Å². The van der Waals surface area contributed by atoms with Gasteiger partial charge >= 0.3 is 0 Å². The van der Waals surface area contributed by atoms with Crippen LogP contribution < -0.4 is 5.32 Å². The van der Waals surface area contributed by atoms with E-state index in [0.717, 1.165) is 24.8 Å². The smallest absolute Gasteiger partial charge is 0.0897 e. The van der Waals surface area contributed by atoms with Crippen molar-refractivity contribution in [3.8, 4) is 0 Å². The Bertz CT molecular complexity index is 371. The molecule has 3 N–H and O–H groups in total. The van der Waals surface area contributed by atoms with E-state index in [-0.39, 0.29) is 6.61 Å². The zero-order valence-electron chi connectivity index (χ0n) is 11.9. The molecule has 0 aromatic heterocycles. The van der Waals surface area contributed by atoms with Crippen LogP contribution in [-0.2, 0) is 11.3 Å². The van der Waals surface area contributed by atoms with Crippen molar-refractivity contribution in [1.29, 1.82) is 0 Å². The third-order valence-corrected chi connectivity index (χ3v) is 3.93. The fourth-order valence-corrected chi connectivity index (χ4v) is 2.76. The zero-order chi connectivity index (χ0) is 14.2. The molecule has 0 amide bonds. The van der Waals surface area contributed by atoms with Crippen molar-refractivity contribution in [2.45, 2.75) is 38.0 Å². The van der Waals surface area contributed by atoms with E-state index in [1.165, 1.54) is 0 Å². The fourth-order valence-electron chi connectivity index (χ4n) is 2.76. The van der Waals surface area contributed by atoms with Crippen molar-refractivity contribution in [3.05, 3.63) is 35.9 Å². The topological polar surface area (TPSA) is 61.7 Å². The molecular formula is C16H25NO3. The Morgan fingerprint density at radius 3 is 2.80 bits per heavy atom. The molecular weight excluding hydrogens is 254 g/mol. The first kappa shape index (κ1) is 15.4. The van der Waals surface area contributed by atoms with E-state index in [1.807, 2.05) is 30.3 Å². The maximum absolute atomic E-state index is 9.90. The Kier molecular flexibility index (Phi) is 6.47. The van der Waals surface area contributed by atoms with Crippen LogP contribution in [-0.4, -0.2) is 42.1 Å². The van der Waals surface area contributed by atoms with Gasteiger partial charge in [-0.05, 0) is 24.3 Å². The first-order chi connectivity index (χ1) is 9.79. The van der Waals surface area contributed by atoms with Crippen LogP contribution in [0.15, 0.2) is 30.3 Å². The summed E-state index contributed by atoms with van der Waals surface area (Å²) in [5.41, 5.74) is 1.11. The van der Waals surface area contributed by atoms with Gasteiger partial charge in [-0.2, -0.15) is 0 Å². The Morgan fingerprint density at radius 1 is 1.25 bits per heavy atom. The van der Waals surface area contributed by atoms with E-state index < -0.39 is 6.10 Å². The highest BCUT2D eigenvalue weighted by Crippen LogP contribution is 2.24. The van der Waals surface area contributed by atoms with Gasteiger partial charge in [-0.1, -0.05) is 36.8 Å². The summed E-state index contributed by atoms with van der Waals surface area (Å²) in [5, 5.41) is 22.5. The van der Waals surface area contributed by atoms with Crippen molar-refractivity contribution < 1.29 is 14.9 Å². The predicted octanol–water partition coefficient (Wildman–Crippen LogP) is 1.31. The normalized spacial score (nSPS) is 23.9. The number of aliphatic hydroxyl groups is 2. The van der Waals surface area contributed by atoms with Gasteiger partial charge < -0.3 is 20.3 Å². The van der Waals surface area contributed by atoms with Gasteiger partial charge in [0.25, 0.3) is 0 Å². The SMILES string of the molecule is OCC1CCCC1NCC(O)COCc1ccccc1. The van der Waals surface area contributed by atoms with Crippen LogP contribution in [0.1, 0.15) is 24.8 Å². The maximum Gasteiger partial charge on any atom is 0.0897 e. The zero-order valence-corrected chi connectivity index (χ0v) is 11.9. The molecule has 0 bridgehead atoms. The monoisotopic (exact) mass is 279 g/mol. The van der Waals surface area contributed by atoms with E-state index >= 15 is 0 Å². The summed E-state index contributed by atoms with van der Waals surface area (Å²) < 4.78 is 5.51. The van der Waals surface area contributed by atoms with Gasteiger partial charge in [-0.15, -0.1) is 0 Å². The Balaban J connectivity index is 1.59. The van der Waals surface area contributed by atoms with Crippen molar-refractivity contribution >= 4 is 0 Å². The Hall–Kier alpha value is -0.940. The molecule has 1 aliphatic carbocycles.